The number of ether oxygens (including phenoxy) is 3. The summed E-state index contributed by atoms with van der Waals surface area (Å²) in [4.78, 5) is 11.8. The van der Waals surface area contributed by atoms with Gasteiger partial charge in [0.25, 0.3) is 0 Å². The van der Waals surface area contributed by atoms with E-state index >= 15 is 0 Å². The van der Waals surface area contributed by atoms with Crippen molar-refractivity contribution in [2.24, 2.45) is 0 Å². The van der Waals surface area contributed by atoms with Gasteiger partial charge in [0.05, 0.1) is 32.5 Å². The second-order valence-electron chi connectivity index (χ2n) is 4.84. The average Bonchev–Trinajstić information content (AvgIpc) is 3.03. The van der Waals surface area contributed by atoms with Crippen molar-refractivity contribution in [3.63, 3.8) is 0 Å². The first-order valence-corrected chi connectivity index (χ1v) is 6.97. The molecule has 0 bridgehead atoms. The summed E-state index contributed by atoms with van der Waals surface area (Å²) in [6, 6.07) is 12.8. The molecular formula is C17H16N2O4. The van der Waals surface area contributed by atoms with E-state index in [4.69, 9.17) is 14.2 Å². The zero-order valence-corrected chi connectivity index (χ0v) is 13.1. The molecule has 0 unspecified atom stereocenters. The molecule has 6 nitrogen and oxygen atoms in total. The van der Waals surface area contributed by atoms with Gasteiger partial charge in [-0.2, -0.15) is 5.10 Å². The molecule has 0 atom stereocenters. The Hall–Kier alpha value is -3.02. The summed E-state index contributed by atoms with van der Waals surface area (Å²) in [7, 11) is 4.52. The maximum atomic E-state index is 11.8. The molecule has 2 aromatic heterocycles. The molecule has 23 heavy (non-hydrogen) atoms. The van der Waals surface area contributed by atoms with Crippen LogP contribution in [0, 0.1) is 0 Å². The van der Waals surface area contributed by atoms with E-state index in [2.05, 4.69) is 5.10 Å². The normalized spacial score (nSPS) is 10.6. The molecule has 0 fully saturated rings. The van der Waals surface area contributed by atoms with Crippen molar-refractivity contribution >= 4 is 11.5 Å². The molecule has 2 heterocycles. The summed E-state index contributed by atoms with van der Waals surface area (Å²) >= 11 is 0. The van der Waals surface area contributed by atoms with Crippen LogP contribution in [0.1, 0.15) is 10.5 Å². The predicted octanol–water partition coefficient (Wildman–Crippen LogP) is 2.81. The lowest BCUT2D eigenvalue weighted by Gasteiger charge is -2.10. The third kappa shape index (κ3) is 2.59. The molecule has 0 N–H and O–H groups in total. The van der Waals surface area contributed by atoms with E-state index < -0.39 is 5.97 Å². The smallest absolute Gasteiger partial charge is 0.356 e. The van der Waals surface area contributed by atoms with Crippen molar-refractivity contribution in [2.45, 2.75) is 0 Å². The number of hydrogen-bond donors (Lipinski definition) is 0. The van der Waals surface area contributed by atoms with Crippen LogP contribution in [0.3, 0.4) is 0 Å². The molecule has 3 rings (SSSR count). The number of carbonyl (C=O) groups excluding carboxylic acids is 1. The summed E-state index contributed by atoms with van der Waals surface area (Å²) < 4.78 is 16.9. The molecule has 1 aromatic carbocycles. The first-order chi connectivity index (χ1) is 11.2. The average molecular weight is 312 g/mol. The van der Waals surface area contributed by atoms with Gasteiger partial charge < -0.3 is 14.2 Å². The Morgan fingerprint density at radius 1 is 0.957 bits per heavy atom. The van der Waals surface area contributed by atoms with Crippen molar-refractivity contribution in [1.29, 1.82) is 0 Å². The number of aromatic nitrogens is 2. The number of hydrogen-bond acceptors (Lipinski definition) is 5. The molecule has 0 aliphatic carbocycles. The number of esters is 1. The van der Waals surface area contributed by atoms with E-state index in [1.165, 1.54) is 7.11 Å². The van der Waals surface area contributed by atoms with E-state index in [1.54, 1.807) is 24.8 Å². The summed E-state index contributed by atoms with van der Waals surface area (Å²) in [5.41, 5.74) is 2.76. The van der Waals surface area contributed by atoms with Crippen molar-refractivity contribution < 1.29 is 19.0 Å². The Morgan fingerprint density at radius 3 is 2.39 bits per heavy atom. The highest BCUT2D eigenvalue weighted by Crippen LogP contribution is 2.31. The van der Waals surface area contributed by atoms with Gasteiger partial charge in [0.15, 0.2) is 17.2 Å². The van der Waals surface area contributed by atoms with Crippen molar-refractivity contribution in [2.75, 3.05) is 21.3 Å². The minimum absolute atomic E-state index is 0.379. The van der Waals surface area contributed by atoms with Gasteiger partial charge in [0.2, 0.25) is 0 Å². The number of rotatable bonds is 4. The van der Waals surface area contributed by atoms with Gasteiger partial charge in [-0.15, -0.1) is 0 Å². The van der Waals surface area contributed by atoms with Crippen molar-refractivity contribution in [3.05, 3.63) is 48.2 Å². The highest BCUT2D eigenvalue weighted by atomic mass is 16.5. The molecule has 0 spiro atoms. The van der Waals surface area contributed by atoms with Crippen LogP contribution < -0.4 is 9.47 Å². The van der Waals surface area contributed by atoms with Crippen LogP contribution in [0.15, 0.2) is 42.5 Å². The molecule has 0 saturated heterocycles. The molecule has 0 aliphatic rings. The number of carbonyl (C=O) groups is 1. The van der Waals surface area contributed by atoms with Gasteiger partial charge in [-0.1, -0.05) is 0 Å². The highest BCUT2D eigenvalue weighted by molar-refractivity contribution is 5.89. The lowest BCUT2D eigenvalue weighted by Crippen LogP contribution is -2.07. The second-order valence-corrected chi connectivity index (χ2v) is 4.84. The van der Waals surface area contributed by atoms with Gasteiger partial charge in [-0.25, -0.2) is 9.31 Å². The summed E-state index contributed by atoms with van der Waals surface area (Å²) in [5.74, 6) is 0.836. The van der Waals surface area contributed by atoms with Crippen molar-refractivity contribution in [3.8, 4) is 22.8 Å². The standard InChI is InChI=1S/C17H16N2O4/c1-21-15-9-4-11(10-16(15)22-2)13-7-5-12-6-8-14(17(20)23-3)19(12)18-13/h4-10H,1-3H3. The van der Waals surface area contributed by atoms with E-state index in [0.29, 0.717) is 22.9 Å². The number of benzene rings is 1. The van der Waals surface area contributed by atoms with Gasteiger partial charge in [-0.3, -0.25) is 0 Å². The van der Waals surface area contributed by atoms with E-state index in [9.17, 15) is 4.79 Å². The number of nitrogens with zero attached hydrogens (tertiary/aromatic N) is 2. The first-order valence-electron chi connectivity index (χ1n) is 6.97. The third-order valence-electron chi connectivity index (χ3n) is 3.58. The molecule has 6 heteroatoms. The van der Waals surface area contributed by atoms with Crippen LogP contribution >= 0.6 is 0 Å². The Bertz CT molecular complexity index is 870. The fraction of sp³-hybridized carbons (Fsp3) is 0.176. The summed E-state index contributed by atoms with van der Waals surface area (Å²) in [6.07, 6.45) is 0. The molecule has 118 valence electrons. The monoisotopic (exact) mass is 312 g/mol. The van der Waals surface area contributed by atoms with E-state index in [0.717, 1.165) is 11.1 Å². The molecule has 0 saturated carbocycles. The highest BCUT2D eigenvalue weighted by Gasteiger charge is 2.13. The lowest BCUT2D eigenvalue weighted by atomic mass is 10.1. The minimum atomic E-state index is -0.429. The predicted molar refractivity (Wildman–Crippen MR) is 85.1 cm³/mol. The maximum Gasteiger partial charge on any atom is 0.356 e. The number of methoxy groups -OCH3 is 3. The van der Waals surface area contributed by atoms with Crippen LogP contribution in [0.25, 0.3) is 16.8 Å². The second kappa shape index (κ2) is 6.00. The molecule has 0 radical (unpaired) electrons. The largest absolute Gasteiger partial charge is 0.493 e. The fourth-order valence-electron chi connectivity index (χ4n) is 2.40. The summed E-state index contributed by atoms with van der Waals surface area (Å²) in [6.45, 7) is 0. The fourth-order valence-corrected chi connectivity index (χ4v) is 2.40. The third-order valence-corrected chi connectivity index (χ3v) is 3.58. The van der Waals surface area contributed by atoms with Gasteiger partial charge >= 0.3 is 5.97 Å². The molecule has 3 aromatic rings. The minimum Gasteiger partial charge on any atom is -0.493 e. The molecule has 0 aliphatic heterocycles. The summed E-state index contributed by atoms with van der Waals surface area (Å²) in [5, 5.41) is 4.52. The van der Waals surface area contributed by atoms with Crippen LogP contribution in [-0.4, -0.2) is 36.9 Å². The number of fused-ring (bicyclic) bond motifs is 1. The molecular weight excluding hydrogens is 296 g/mol. The van der Waals surface area contributed by atoms with Crippen LogP contribution in [0.5, 0.6) is 11.5 Å². The topological polar surface area (TPSA) is 62.1 Å². The quantitative estimate of drug-likeness (QED) is 0.693. The zero-order chi connectivity index (χ0) is 16.4. The Kier molecular flexibility index (Phi) is 3.89. The molecule has 0 amide bonds. The van der Waals surface area contributed by atoms with E-state index in [1.807, 2.05) is 36.4 Å². The van der Waals surface area contributed by atoms with Crippen LogP contribution in [-0.2, 0) is 4.74 Å². The Morgan fingerprint density at radius 2 is 1.70 bits per heavy atom. The van der Waals surface area contributed by atoms with E-state index in [-0.39, 0.29) is 0 Å². The van der Waals surface area contributed by atoms with Crippen LogP contribution in [0.2, 0.25) is 0 Å². The van der Waals surface area contributed by atoms with Gasteiger partial charge in [-0.05, 0) is 42.5 Å². The zero-order valence-electron chi connectivity index (χ0n) is 13.1. The first kappa shape index (κ1) is 14.9. The van der Waals surface area contributed by atoms with Gasteiger partial charge in [0, 0.05) is 5.56 Å². The van der Waals surface area contributed by atoms with Gasteiger partial charge in [0.1, 0.15) is 0 Å². The maximum absolute atomic E-state index is 11.8. The lowest BCUT2D eigenvalue weighted by molar-refractivity contribution is 0.0591. The SMILES string of the molecule is COC(=O)c1ccc2ccc(-c3ccc(OC)c(OC)c3)nn12. The Labute approximate surface area is 133 Å². The Balaban J connectivity index is 2.11. The van der Waals surface area contributed by atoms with Crippen LogP contribution in [0.4, 0.5) is 0 Å². The van der Waals surface area contributed by atoms with Crippen molar-refractivity contribution in [1.82, 2.24) is 9.61 Å².